The smallest absolute Gasteiger partial charge is 0.0662 e. The quantitative estimate of drug-likeness (QED) is 0.101. The van der Waals surface area contributed by atoms with E-state index in [1.54, 1.807) is 0 Å². The van der Waals surface area contributed by atoms with Crippen LogP contribution in [-0.2, 0) is 0 Å². The van der Waals surface area contributed by atoms with Gasteiger partial charge in [0, 0.05) is 5.71 Å². The molecule has 7 aromatic rings. The van der Waals surface area contributed by atoms with Crippen LogP contribution in [0.15, 0.2) is 235 Å². The predicted molar refractivity (Wildman–Crippen MR) is 301 cm³/mol. The normalized spacial score (nSPS) is 12.3. The lowest BCUT2D eigenvalue weighted by Crippen LogP contribution is -2.00. The third-order valence-electron chi connectivity index (χ3n) is 11.6. The second kappa shape index (κ2) is 26.7. The van der Waals surface area contributed by atoms with Crippen molar-refractivity contribution in [3.8, 4) is 33.4 Å². The van der Waals surface area contributed by atoms with Gasteiger partial charge in [-0.3, -0.25) is 4.99 Å². The SMILES string of the molecule is C/C=C\C(=C/C)C1=CCCCC(c2ccccc2)=N1.C=C(C)C.C=C(c1ccc(-c2ccccc2)cc1C)c1ccc(C)c(-c2ccc(-c3ccccc3)cc2C)c1/C=C\C.Cc1ccccc1. The average molecular weight is 890 g/mol. The third kappa shape index (κ3) is 14.8. The van der Waals surface area contributed by atoms with Crippen LogP contribution in [0.1, 0.15) is 98.4 Å². The minimum absolute atomic E-state index is 1.05. The second-order valence-electron chi connectivity index (χ2n) is 17.5. The second-order valence-corrected chi connectivity index (χ2v) is 17.5. The number of aryl methyl sites for hydroxylation is 4. The largest absolute Gasteiger partial charge is 0.253 e. The van der Waals surface area contributed by atoms with Gasteiger partial charge >= 0.3 is 0 Å². The lowest BCUT2D eigenvalue weighted by atomic mass is 9.84. The highest BCUT2D eigenvalue weighted by molar-refractivity contribution is 6.01. The summed E-state index contributed by atoms with van der Waals surface area (Å²) >= 11 is 0. The molecule has 0 bridgehead atoms. The lowest BCUT2D eigenvalue weighted by Gasteiger charge is -2.20. The Morgan fingerprint density at radius 1 is 0.529 bits per heavy atom. The molecule has 8 rings (SSSR count). The molecule has 1 heteroatoms. The molecule has 0 unspecified atom stereocenters. The maximum atomic E-state index is 4.89. The molecule has 0 fully saturated rings. The number of hydrogen-bond acceptors (Lipinski definition) is 1. The Kier molecular flexibility index (Phi) is 20.3. The molecule has 0 spiro atoms. The first-order valence-corrected chi connectivity index (χ1v) is 24.0. The fourth-order valence-electron chi connectivity index (χ4n) is 8.22. The molecular formula is C67H71N. The zero-order valence-corrected chi connectivity index (χ0v) is 42.1. The zero-order chi connectivity index (χ0) is 48.8. The maximum absolute atomic E-state index is 4.89. The molecule has 1 aliphatic rings. The van der Waals surface area contributed by atoms with Crippen LogP contribution < -0.4 is 0 Å². The molecule has 1 heterocycles. The van der Waals surface area contributed by atoms with E-state index in [4.69, 9.17) is 4.99 Å². The van der Waals surface area contributed by atoms with Gasteiger partial charge in [-0.25, -0.2) is 0 Å². The summed E-state index contributed by atoms with van der Waals surface area (Å²) in [7, 11) is 0. The van der Waals surface area contributed by atoms with E-state index < -0.39 is 0 Å². The van der Waals surface area contributed by atoms with Crippen LogP contribution in [0.4, 0.5) is 0 Å². The summed E-state index contributed by atoms with van der Waals surface area (Å²) in [5, 5.41) is 0. The maximum Gasteiger partial charge on any atom is 0.0662 e. The van der Waals surface area contributed by atoms with Gasteiger partial charge < -0.3 is 0 Å². The molecule has 0 radical (unpaired) electrons. The van der Waals surface area contributed by atoms with Crippen LogP contribution in [0.3, 0.4) is 0 Å². The first kappa shape index (κ1) is 51.6. The number of allylic oxidation sites excluding steroid dienone is 6. The Balaban J connectivity index is 0.000000236. The molecular weight excluding hydrogens is 819 g/mol. The van der Waals surface area contributed by atoms with E-state index >= 15 is 0 Å². The van der Waals surface area contributed by atoms with E-state index in [1.807, 2.05) is 39.0 Å². The number of benzene rings is 7. The Hall–Kier alpha value is -7.35. The van der Waals surface area contributed by atoms with Gasteiger partial charge in [0.25, 0.3) is 0 Å². The summed E-state index contributed by atoms with van der Waals surface area (Å²) in [5.74, 6) is 0. The highest BCUT2D eigenvalue weighted by Crippen LogP contribution is 2.39. The van der Waals surface area contributed by atoms with Gasteiger partial charge in [0.1, 0.15) is 0 Å². The van der Waals surface area contributed by atoms with Gasteiger partial charge in [-0.15, -0.1) is 6.58 Å². The van der Waals surface area contributed by atoms with Gasteiger partial charge in [-0.05, 0) is 165 Å². The van der Waals surface area contributed by atoms with Crippen molar-refractivity contribution in [3.05, 3.63) is 275 Å². The summed E-state index contributed by atoms with van der Waals surface area (Å²) in [6, 6.07) is 59.9. The summed E-state index contributed by atoms with van der Waals surface area (Å²) < 4.78 is 0. The predicted octanol–water partition coefficient (Wildman–Crippen LogP) is 19.4. The molecule has 0 saturated heterocycles. The standard InChI is InChI=1S/C38H34.C18H21N.C7H8.C4H8/c1-6-13-37-36(29(5)34-22-19-32(24-27(34)3)30-14-9-7-10-15-30)21-18-26(2)38(37)35-23-20-33(25-28(35)4)31-16-11-8-12-17-31;1-3-10-15(4-2)17-13-8-9-14-18(19-17)16-11-6-5-7-12-16;1-7-5-3-2-4-6-7;1-4(2)3/h6-25H,5H2,1-4H3;3-7,10-13H,8-9,14H2,1-2H3;2-6H,1H3;1H2,2-3H3/b13-6-;10-3-,15-4+;;. The van der Waals surface area contributed by atoms with E-state index in [0.717, 1.165) is 24.1 Å². The van der Waals surface area contributed by atoms with E-state index in [1.165, 1.54) is 101 Å². The van der Waals surface area contributed by atoms with Crippen LogP contribution in [0.2, 0.25) is 0 Å². The van der Waals surface area contributed by atoms with Gasteiger partial charge in [0.15, 0.2) is 0 Å². The van der Waals surface area contributed by atoms with E-state index in [0.29, 0.717) is 0 Å². The van der Waals surface area contributed by atoms with Gasteiger partial charge in [-0.1, -0.05) is 224 Å². The summed E-state index contributed by atoms with van der Waals surface area (Å²) in [6.45, 7) is 27.0. The van der Waals surface area contributed by atoms with E-state index in [2.05, 4.69) is 243 Å². The van der Waals surface area contributed by atoms with Crippen molar-refractivity contribution >= 4 is 17.4 Å². The van der Waals surface area contributed by atoms with Crippen molar-refractivity contribution in [1.82, 2.24) is 0 Å². The Morgan fingerprint density at radius 2 is 1.04 bits per heavy atom. The fourth-order valence-corrected chi connectivity index (χ4v) is 8.22. The van der Waals surface area contributed by atoms with Crippen molar-refractivity contribution in [3.63, 3.8) is 0 Å². The first-order chi connectivity index (χ1) is 32.9. The minimum Gasteiger partial charge on any atom is -0.253 e. The summed E-state index contributed by atoms with van der Waals surface area (Å²) in [5.41, 5.74) is 23.1. The van der Waals surface area contributed by atoms with Crippen LogP contribution in [0, 0.1) is 27.7 Å². The fraction of sp³-hybridized carbons (Fsp3) is 0.179. The summed E-state index contributed by atoms with van der Waals surface area (Å²) in [4.78, 5) is 4.89. The molecule has 0 saturated carbocycles. The molecule has 0 aromatic heterocycles. The Bertz CT molecular complexity index is 2880. The van der Waals surface area contributed by atoms with Crippen molar-refractivity contribution in [2.45, 2.75) is 81.6 Å². The van der Waals surface area contributed by atoms with Gasteiger partial charge in [-0.2, -0.15) is 0 Å². The molecule has 0 aliphatic carbocycles. The molecule has 68 heavy (non-hydrogen) atoms. The highest BCUT2D eigenvalue weighted by Gasteiger charge is 2.18. The molecule has 0 amide bonds. The summed E-state index contributed by atoms with van der Waals surface area (Å²) in [6.07, 6.45) is 16.3. The number of aliphatic imine (C=N–C) groups is 1. The van der Waals surface area contributed by atoms with Gasteiger partial charge in [0.2, 0.25) is 0 Å². The molecule has 1 aliphatic heterocycles. The number of nitrogens with zero attached hydrogens (tertiary/aromatic N) is 1. The Labute approximate surface area is 410 Å². The molecule has 1 nitrogen and oxygen atoms in total. The van der Waals surface area contributed by atoms with Crippen molar-refractivity contribution in [2.75, 3.05) is 0 Å². The first-order valence-electron chi connectivity index (χ1n) is 24.0. The monoisotopic (exact) mass is 890 g/mol. The Morgan fingerprint density at radius 3 is 1.53 bits per heavy atom. The molecule has 0 atom stereocenters. The molecule has 344 valence electrons. The van der Waals surface area contributed by atoms with Crippen molar-refractivity contribution < 1.29 is 0 Å². The van der Waals surface area contributed by atoms with E-state index in [-0.39, 0.29) is 0 Å². The molecule has 7 aromatic carbocycles. The average Bonchev–Trinajstić information content (AvgIpc) is 3.61. The minimum atomic E-state index is 1.05. The van der Waals surface area contributed by atoms with Crippen LogP contribution in [-0.4, -0.2) is 5.71 Å². The van der Waals surface area contributed by atoms with Crippen LogP contribution in [0.5, 0.6) is 0 Å². The molecule has 0 N–H and O–H groups in total. The number of hydrogen-bond donors (Lipinski definition) is 0. The van der Waals surface area contributed by atoms with Crippen molar-refractivity contribution in [1.29, 1.82) is 0 Å². The number of rotatable bonds is 9. The van der Waals surface area contributed by atoms with Crippen molar-refractivity contribution in [2.24, 2.45) is 4.99 Å². The lowest BCUT2D eigenvalue weighted by molar-refractivity contribution is 0.901. The van der Waals surface area contributed by atoms with Crippen LogP contribution in [0.25, 0.3) is 45.0 Å². The van der Waals surface area contributed by atoms with E-state index in [9.17, 15) is 0 Å². The topological polar surface area (TPSA) is 12.4 Å². The van der Waals surface area contributed by atoms with Gasteiger partial charge in [0.05, 0.1) is 5.70 Å². The third-order valence-corrected chi connectivity index (χ3v) is 11.6. The van der Waals surface area contributed by atoms with Crippen LogP contribution >= 0.6 is 0 Å². The zero-order valence-electron chi connectivity index (χ0n) is 42.1. The highest BCUT2D eigenvalue weighted by atomic mass is 14.8.